The molecule has 0 bridgehead atoms. The van der Waals surface area contributed by atoms with Crippen molar-refractivity contribution >= 4 is 40.4 Å². The number of aryl methyl sites for hydroxylation is 1. The summed E-state index contributed by atoms with van der Waals surface area (Å²) in [7, 11) is 0. The maximum Gasteiger partial charge on any atom is 0.300 e. The molecule has 0 spiro atoms. The number of nitro groups is 1. The molecule has 4 rings (SSSR count). The number of nitrogens with zero attached hydrogens (tertiary/aromatic N) is 2. The van der Waals surface area contributed by atoms with Crippen LogP contribution in [-0.4, -0.2) is 27.6 Å². The maximum absolute atomic E-state index is 13.2. The second kappa shape index (κ2) is 9.83. The van der Waals surface area contributed by atoms with Crippen LogP contribution in [0.1, 0.15) is 36.6 Å². The van der Waals surface area contributed by atoms with Gasteiger partial charge in [0.1, 0.15) is 5.76 Å². The number of nitro benzene ring substituents is 1. The van der Waals surface area contributed by atoms with E-state index in [1.807, 2.05) is 19.1 Å². The lowest BCUT2D eigenvalue weighted by Crippen LogP contribution is -2.29. The third-order valence-corrected chi connectivity index (χ3v) is 5.94. The van der Waals surface area contributed by atoms with Gasteiger partial charge in [-0.1, -0.05) is 43.3 Å². The van der Waals surface area contributed by atoms with Crippen LogP contribution in [-0.2, 0) is 20.8 Å². The number of non-ortho nitro benzene ring substituents is 1. The van der Waals surface area contributed by atoms with Crippen LogP contribution >= 0.6 is 0 Å². The third kappa shape index (κ3) is 4.58. The van der Waals surface area contributed by atoms with Crippen LogP contribution in [0.5, 0.6) is 0 Å². The van der Waals surface area contributed by atoms with E-state index < -0.39 is 28.4 Å². The van der Waals surface area contributed by atoms with Crippen molar-refractivity contribution in [2.45, 2.75) is 26.3 Å². The molecule has 182 valence electrons. The lowest BCUT2D eigenvalue weighted by atomic mass is 9.94. The fourth-order valence-electron chi connectivity index (χ4n) is 4.18. The van der Waals surface area contributed by atoms with Gasteiger partial charge in [-0.2, -0.15) is 0 Å². The zero-order chi connectivity index (χ0) is 26.0. The highest BCUT2D eigenvalue weighted by Gasteiger charge is 2.47. The van der Waals surface area contributed by atoms with E-state index in [-0.39, 0.29) is 22.7 Å². The minimum atomic E-state index is -0.971. The van der Waals surface area contributed by atoms with Crippen LogP contribution in [0.2, 0.25) is 0 Å². The molecule has 1 heterocycles. The number of hydrogen-bond donors (Lipinski definition) is 2. The highest BCUT2D eigenvalue weighted by atomic mass is 16.6. The Kier molecular flexibility index (Phi) is 6.64. The molecule has 9 nitrogen and oxygen atoms in total. The number of aliphatic hydroxyl groups excluding tert-OH is 1. The number of amides is 2. The molecular weight excluding hydrogens is 462 g/mol. The predicted molar refractivity (Wildman–Crippen MR) is 134 cm³/mol. The molecule has 0 saturated carbocycles. The van der Waals surface area contributed by atoms with Crippen LogP contribution in [0.3, 0.4) is 0 Å². The molecule has 1 aliphatic heterocycles. The van der Waals surface area contributed by atoms with Gasteiger partial charge in [0.15, 0.2) is 0 Å². The summed E-state index contributed by atoms with van der Waals surface area (Å²) in [6.07, 6.45) is 0.790. The van der Waals surface area contributed by atoms with Gasteiger partial charge in [0.2, 0.25) is 5.91 Å². The van der Waals surface area contributed by atoms with Gasteiger partial charge in [0.05, 0.1) is 16.5 Å². The van der Waals surface area contributed by atoms with Gasteiger partial charge in [0, 0.05) is 36.0 Å². The molecule has 36 heavy (non-hydrogen) atoms. The van der Waals surface area contributed by atoms with E-state index >= 15 is 0 Å². The Morgan fingerprint density at radius 3 is 2.31 bits per heavy atom. The average Bonchev–Trinajstić information content (AvgIpc) is 3.14. The molecule has 1 unspecified atom stereocenters. The van der Waals surface area contributed by atoms with Crippen molar-refractivity contribution in [1.82, 2.24) is 0 Å². The molecule has 1 aliphatic rings. The molecule has 1 saturated heterocycles. The van der Waals surface area contributed by atoms with Gasteiger partial charge in [0.25, 0.3) is 17.4 Å². The van der Waals surface area contributed by atoms with Crippen molar-refractivity contribution in [2.24, 2.45) is 0 Å². The van der Waals surface area contributed by atoms with Gasteiger partial charge in [-0.05, 0) is 41.8 Å². The summed E-state index contributed by atoms with van der Waals surface area (Å²) < 4.78 is 0. The Balaban J connectivity index is 1.88. The van der Waals surface area contributed by atoms with Crippen LogP contribution < -0.4 is 10.2 Å². The Hall–Kier alpha value is -4.79. The molecule has 1 atom stereocenters. The van der Waals surface area contributed by atoms with E-state index in [4.69, 9.17) is 0 Å². The second-order valence-corrected chi connectivity index (χ2v) is 8.30. The van der Waals surface area contributed by atoms with Gasteiger partial charge >= 0.3 is 0 Å². The summed E-state index contributed by atoms with van der Waals surface area (Å²) in [5, 5.41) is 25.1. The van der Waals surface area contributed by atoms with Gasteiger partial charge < -0.3 is 10.4 Å². The van der Waals surface area contributed by atoms with Crippen molar-refractivity contribution in [3.8, 4) is 0 Å². The van der Waals surface area contributed by atoms with E-state index in [0.717, 1.165) is 18.1 Å². The average molecular weight is 485 g/mol. The molecule has 2 amide bonds. The second-order valence-electron chi connectivity index (χ2n) is 8.30. The summed E-state index contributed by atoms with van der Waals surface area (Å²) in [5.74, 6) is -2.51. The number of carbonyl (C=O) groups is 3. The number of aliphatic hydroxyl groups is 1. The van der Waals surface area contributed by atoms with Crippen molar-refractivity contribution in [3.05, 3.63) is 105 Å². The van der Waals surface area contributed by atoms with Crippen LogP contribution in [0.25, 0.3) is 5.76 Å². The van der Waals surface area contributed by atoms with Gasteiger partial charge in [-0.15, -0.1) is 0 Å². The molecule has 0 radical (unpaired) electrons. The number of hydrogen-bond acceptors (Lipinski definition) is 6. The van der Waals surface area contributed by atoms with E-state index in [1.165, 1.54) is 30.0 Å². The van der Waals surface area contributed by atoms with Crippen LogP contribution in [0.4, 0.5) is 17.1 Å². The smallest absolute Gasteiger partial charge is 0.300 e. The number of benzene rings is 3. The quantitative estimate of drug-likeness (QED) is 0.171. The van der Waals surface area contributed by atoms with Crippen molar-refractivity contribution in [2.75, 3.05) is 10.2 Å². The molecule has 2 N–H and O–H groups in total. The normalized spacial score (nSPS) is 16.7. The first-order valence-electron chi connectivity index (χ1n) is 11.2. The largest absolute Gasteiger partial charge is 0.507 e. The van der Waals surface area contributed by atoms with Crippen molar-refractivity contribution < 1.29 is 24.4 Å². The van der Waals surface area contributed by atoms with E-state index in [1.54, 1.807) is 36.4 Å². The zero-order valence-corrected chi connectivity index (χ0v) is 19.6. The van der Waals surface area contributed by atoms with Crippen molar-refractivity contribution in [3.63, 3.8) is 0 Å². The van der Waals surface area contributed by atoms with E-state index in [2.05, 4.69) is 5.32 Å². The Bertz CT molecular complexity index is 1390. The summed E-state index contributed by atoms with van der Waals surface area (Å²) in [6, 6.07) is 18.0. The zero-order valence-electron chi connectivity index (χ0n) is 19.6. The number of ketones is 1. The number of carbonyl (C=O) groups excluding carboxylic acids is 3. The minimum absolute atomic E-state index is 0.0541. The first kappa shape index (κ1) is 24.3. The summed E-state index contributed by atoms with van der Waals surface area (Å²) >= 11 is 0. The summed E-state index contributed by atoms with van der Waals surface area (Å²) in [6.45, 7) is 3.38. The number of nitrogens with one attached hydrogen (secondary N) is 1. The van der Waals surface area contributed by atoms with Crippen LogP contribution in [0.15, 0.2) is 78.4 Å². The summed E-state index contributed by atoms with van der Waals surface area (Å²) in [4.78, 5) is 49.8. The van der Waals surface area contributed by atoms with Gasteiger partial charge in [-0.25, -0.2) is 0 Å². The predicted octanol–water partition coefficient (Wildman–Crippen LogP) is 4.74. The maximum atomic E-state index is 13.2. The fourth-order valence-corrected chi connectivity index (χ4v) is 4.18. The number of anilines is 2. The monoisotopic (exact) mass is 485 g/mol. The molecule has 0 aromatic heterocycles. The van der Waals surface area contributed by atoms with Gasteiger partial charge in [-0.3, -0.25) is 29.4 Å². The number of Topliss-reactive ketones (excluding diaryl/α,β-unsaturated/α-hetero) is 1. The summed E-state index contributed by atoms with van der Waals surface area (Å²) in [5.41, 5.74) is 2.16. The first-order valence-corrected chi connectivity index (χ1v) is 11.2. The van der Waals surface area contributed by atoms with Crippen LogP contribution in [0, 0.1) is 10.1 Å². The third-order valence-electron chi connectivity index (χ3n) is 5.94. The molecule has 1 fully saturated rings. The molecule has 9 heteroatoms. The standard InChI is InChI=1S/C27H23N3O6/c1-3-17-7-9-18(10-8-17)24-23(25(32)19-5-4-6-22(15-19)30(35)36)26(33)27(34)29(24)21-13-11-20(12-14-21)28-16(2)31/h4-15,24,32H,3H2,1-2H3,(H,28,31)/b25-23-. The Labute approximate surface area is 206 Å². The fraction of sp³-hybridized carbons (Fsp3) is 0.148. The number of rotatable bonds is 6. The highest BCUT2D eigenvalue weighted by Crippen LogP contribution is 2.42. The molecule has 3 aromatic rings. The molecule has 0 aliphatic carbocycles. The highest BCUT2D eigenvalue weighted by molar-refractivity contribution is 6.51. The lowest BCUT2D eigenvalue weighted by molar-refractivity contribution is -0.384. The lowest BCUT2D eigenvalue weighted by Gasteiger charge is -2.26. The minimum Gasteiger partial charge on any atom is -0.507 e. The Morgan fingerprint density at radius 2 is 1.72 bits per heavy atom. The Morgan fingerprint density at radius 1 is 1.06 bits per heavy atom. The van der Waals surface area contributed by atoms with Crippen molar-refractivity contribution in [1.29, 1.82) is 0 Å². The molecular formula is C27H23N3O6. The molecule has 3 aromatic carbocycles. The van der Waals surface area contributed by atoms with E-state index in [0.29, 0.717) is 16.9 Å². The topological polar surface area (TPSA) is 130 Å². The SMILES string of the molecule is CCc1ccc(C2/C(=C(/O)c3cccc([N+](=O)[O-])c3)C(=O)C(=O)N2c2ccc(NC(C)=O)cc2)cc1. The first-order chi connectivity index (χ1) is 17.2. The van der Waals surface area contributed by atoms with E-state index in [9.17, 15) is 29.6 Å².